The van der Waals surface area contributed by atoms with Crippen molar-refractivity contribution >= 4 is 23.2 Å². The van der Waals surface area contributed by atoms with E-state index >= 15 is 0 Å². The van der Waals surface area contributed by atoms with Gasteiger partial charge in [-0.25, -0.2) is 4.68 Å². The molecule has 0 aliphatic heterocycles. The van der Waals surface area contributed by atoms with Crippen molar-refractivity contribution in [2.75, 3.05) is 0 Å². The Bertz CT molecular complexity index is 737. The van der Waals surface area contributed by atoms with E-state index in [0.29, 0.717) is 10.0 Å². The summed E-state index contributed by atoms with van der Waals surface area (Å²) in [4.78, 5) is 0. The second-order valence-corrected chi connectivity index (χ2v) is 5.78. The van der Waals surface area contributed by atoms with E-state index in [1.165, 1.54) is 5.56 Å². The number of hydrogen-bond acceptors (Lipinski definition) is 2. The Morgan fingerprint density at radius 1 is 0.909 bits per heavy atom. The maximum Gasteiger partial charge on any atom is 0.0645 e. The van der Waals surface area contributed by atoms with Crippen molar-refractivity contribution < 1.29 is 0 Å². The standard InChI is InChI=1S/C17H15Cl2N3/c18-16-7-4-14(10-17(16)19)12-20-11-13-2-5-15(6-3-13)22-9-1-8-21-22/h1-10,20H,11-12H2. The molecule has 0 saturated carbocycles. The second kappa shape index (κ2) is 6.97. The Morgan fingerprint density at radius 3 is 2.32 bits per heavy atom. The Balaban J connectivity index is 1.56. The van der Waals surface area contributed by atoms with Crippen molar-refractivity contribution in [3.05, 3.63) is 82.1 Å². The van der Waals surface area contributed by atoms with Gasteiger partial charge in [-0.3, -0.25) is 0 Å². The molecule has 1 heterocycles. The van der Waals surface area contributed by atoms with Crippen molar-refractivity contribution in [2.45, 2.75) is 13.1 Å². The predicted octanol–water partition coefficient (Wildman–Crippen LogP) is 4.47. The van der Waals surface area contributed by atoms with Crippen molar-refractivity contribution in [3.63, 3.8) is 0 Å². The number of hydrogen-bond donors (Lipinski definition) is 1. The third-order valence-corrected chi connectivity index (χ3v) is 4.09. The average Bonchev–Trinajstić information content (AvgIpc) is 3.06. The lowest BCUT2D eigenvalue weighted by Crippen LogP contribution is -2.12. The summed E-state index contributed by atoms with van der Waals surface area (Å²) < 4.78 is 1.84. The summed E-state index contributed by atoms with van der Waals surface area (Å²) in [5, 5.41) is 8.78. The van der Waals surface area contributed by atoms with Crippen LogP contribution in [-0.4, -0.2) is 9.78 Å². The van der Waals surface area contributed by atoms with Gasteiger partial charge in [0.15, 0.2) is 0 Å². The van der Waals surface area contributed by atoms with Crippen molar-refractivity contribution in [1.82, 2.24) is 15.1 Å². The van der Waals surface area contributed by atoms with Crippen LogP contribution in [0.5, 0.6) is 0 Å². The molecule has 0 atom stereocenters. The van der Waals surface area contributed by atoms with E-state index in [9.17, 15) is 0 Å². The summed E-state index contributed by atoms with van der Waals surface area (Å²) in [5.74, 6) is 0. The molecule has 0 amide bonds. The van der Waals surface area contributed by atoms with Gasteiger partial charge in [0.1, 0.15) is 0 Å². The first-order chi connectivity index (χ1) is 10.7. The lowest BCUT2D eigenvalue weighted by Gasteiger charge is -2.07. The molecule has 1 N–H and O–H groups in total. The van der Waals surface area contributed by atoms with Gasteiger partial charge in [-0.05, 0) is 41.5 Å². The summed E-state index contributed by atoms with van der Waals surface area (Å²) in [6.45, 7) is 1.54. The molecule has 0 unspecified atom stereocenters. The Hall–Kier alpha value is -1.81. The minimum absolute atomic E-state index is 0.583. The maximum absolute atomic E-state index is 6.01. The molecule has 3 nitrogen and oxygen atoms in total. The molecule has 0 aliphatic carbocycles. The molecule has 3 aromatic rings. The molecule has 0 aliphatic rings. The molecular weight excluding hydrogens is 317 g/mol. The Labute approximate surface area is 139 Å². The zero-order valence-corrected chi connectivity index (χ0v) is 13.3. The topological polar surface area (TPSA) is 29.9 Å². The lowest BCUT2D eigenvalue weighted by atomic mass is 10.2. The van der Waals surface area contributed by atoms with Crippen LogP contribution in [0.15, 0.2) is 60.9 Å². The molecule has 5 heteroatoms. The Kier molecular flexibility index (Phi) is 4.78. The molecular formula is C17H15Cl2N3. The highest BCUT2D eigenvalue weighted by molar-refractivity contribution is 6.42. The fourth-order valence-corrected chi connectivity index (χ4v) is 2.51. The minimum atomic E-state index is 0.583. The number of nitrogens with one attached hydrogen (secondary N) is 1. The molecule has 22 heavy (non-hydrogen) atoms. The monoisotopic (exact) mass is 331 g/mol. The highest BCUT2D eigenvalue weighted by Gasteiger charge is 2.00. The van der Waals surface area contributed by atoms with Crippen LogP contribution in [0.4, 0.5) is 0 Å². The van der Waals surface area contributed by atoms with Crippen LogP contribution in [0, 0.1) is 0 Å². The predicted molar refractivity (Wildman–Crippen MR) is 90.6 cm³/mol. The van der Waals surface area contributed by atoms with E-state index in [4.69, 9.17) is 23.2 Å². The van der Waals surface area contributed by atoms with E-state index in [1.807, 2.05) is 35.1 Å². The first-order valence-corrected chi connectivity index (χ1v) is 7.71. The smallest absolute Gasteiger partial charge is 0.0645 e. The third-order valence-electron chi connectivity index (χ3n) is 3.35. The second-order valence-electron chi connectivity index (χ2n) is 4.97. The Morgan fingerprint density at radius 2 is 1.64 bits per heavy atom. The first kappa shape index (κ1) is 15.1. The average molecular weight is 332 g/mol. The minimum Gasteiger partial charge on any atom is -0.309 e. The van der Waals surface area contributed by atoms with Crippen LogP contribution < -0.4 is 5.32 Å². The summed E-state index contributed by atoms with van der Waals surface area (Å²) in [6, 6.07) is 15.9. The number of aromatic nitrogens is 2. The van der Waals surface area contributed by atoms with Gasteiger partial charge >= 0.3 is 0 Å². The summed E-state index contributed by atoms with van der Waals surface area (Å²) >= 11 is 11.9. The van der Waals surface area contributed by atoms with Gasteiger partial charge in [-0.1, -0.05) is 41.4 Å². The number of benzene rings is 2. The molecule has 0 fully saturated rings. The zero-order chi connectivity index (χ0) is 15.4. The van der Waals surface area contributed by atoms with E-state index in [1.54, 1.807) is 6.20 Å². The van der Waals surface area contributed by atoms with Gasteiger partial charge in [0.25, 0.3) is 0 Å². The normalized spacial score (nSPS) is 10.8. The molecule has 112 valence electrons. The van der Waals surface area contributed by atoms with Gasteiger partial charge < -0.3 is 5.32 Å². The summed E-state index contributed by atoms with van der Waals surface area (Å²) in [5.41, 5.74) is 3.39. The van der Waals surface area contributed by atoms with Crippen LogP contribution in [0.3, 0.4) is 0 Å². The van der Waals surface area contributed by atoms with E-state index < -0.39 is 0 Å². The molecule has 0 saturated heterocycles. The molecule has 2 aromatic carbocycles. The van der Waals surface area contributed by atoms with Gasteiger partial charge in [-0.2, -0.15) is 5.10 Å². The van der Waals surface area contributed by atoms with Crippen LogP contribution in [0.2, 0.25) is 10.0 Å². The molecule has 3 rings (SSSR count). The fraction of sp³-hybridized carbons (Fsp3) is 0.118. The highest BCUT2D eigenvalue weighted by Crippen LogP contribution is 2.22. The summed E-state index contributed by atoms with van der Waals surface area (Å²) in [6.07, 6.45) is 3.70. The largest absolute Gasteiger partial charge is 0.309 e. The highest BCUT2D eigenvalue weighted by atomic mass is 35.5. The lowest BCUT2D eigenvalue weighted by molar-refractivity contribution is 0.693. The molecule has 0 spiro atoms. The van der Waals surface area contributed by atoms with Gasteiger partial charge in [-0.15, -0.1) is 0 Å². The number of halogens is 2. The molecule has 0 radical (unpaired) electrons. The summed E-state index contributed by atoms with van der Waals surface area (Å²) in [7, 11) is 0. The molecule has 1 aromatic heterocycles. The zero-order valence-electron chi connectivity index (χ0n) is 11.8. The van der Waals surface area contributed by atoms with Gasteiger partial charge in [0.2, 0.25) is 0 Å². The van der Waals surface area contributed by atoms with Gasteiger partial charge in [0.05, 0.1) is 15.7 Å². The number of nitrogens with zero attached hydrogens (tertiary/aromatic N) is 2. The van der Waals surface area contributed by atoms with Crippen molar-refractivity contribution in [3.8, 4) is 5.69 Å². The molecule has 0 bridgehead atoms. The maximum atomic E-state index is 6.01. The SMILES string of the molecule is Clc1ccc(CNCc2ccc(-n3cccn3)cc2)cc1Cl. The first-order valence-electron chi connectivity index (χ1n) is 6.96. The van der Waals surface area contributed by atoms with Crippen LogP contribution in [0.25, 0.3) is 5.69 Å². The fourth-order valence-electron chi connectivity index (χ4n) is 2.19. The van der Waals surface area contributed by atoms with Crippen LogP contribution >= 0.6 is 23.2 Å². The number of rotatable bonds is 5. The van der Waals surface area contributed by atoms with Crippen molar-refractivity contribution in [1.29, 1.82) is 0 Å². The van der Waals surface area contributed by atoms with E-state index in [0.717, 1.165) is 24.3 Å². The third kappa shape index (κ3) is 3.69. The van der Waals surface area contributed by atoms with E-state index in [2.05, 4.69) is 34.7 Å². The van der Waals surface area contributed by atoms with Crippen molar-refractivity contribution in [2.24, 2.45) is 0 Å². The van der Waals surface area contributed by atoms with Crippen LogP contribution in [-0.2, 0) is 13.1 Å². The van der Waals surface area contributed by atoms with Crippen LogP contribution in [0.1, 0.15) is 11.1 Å². The van der Waals surface area contributed by atoms with E-state index in [-0.39, 0.29) is 0 Å². The van der Waals surface area contributed by atoms with Gasteiger partial charge in [0, 0.05) is 25.5 Å². The quantitative estimate of drug-likeness (QED) is 0.747.